The van der Waals surface area contributed by atoms with Crippen LogP contribution in [0.5, 0.6) is 0 Å². The van der Waals surface area contributed by atoms with Crippen LogP contribution in [-0.2, 0) is 5.33 Å². The van der Waals surface area contributed by atoms with Gasteiger partial charge in [-0.2, -0.15) is 0 Å². The highest BCUT2D eigenvalue weighted by Crippen LogP contribution is 2.30. The average Bonchev–Trinajstić information content (AvgIpc) is 2.36. The Morgan fingerprint density at radius 1 is 1.28 bits per heavy atom. The number of aryl methyl sites for hydroxylation is 1. The fourth-order valence-corrected chi connectivity index (χ4v) is 2.50. The monoisotopic (exact) mass is 376 g/mol. The van der Waals surface area contributed by atoms with Crippen molar-refractivity contribution in [1.29, 1.82) is 0 Å². The van der Waals surface area contributed by atoms with Crippen LogP contribution in [0.15, 0.2) is 22.8 Å². The molecule has 1 aromatic carbocycles. The third kappa shape index (κ3) is 2.44. The first-order chi connectivity index (χ1) is 8.54. The predicted molar refractivity (Wildman–Crippen MR) is 72.5 cm³/mol. The molecule has 0 bridgehead atoms. The van der Waals surface area contributed by atoms with Crippen LogP contribution < -0.4 is 0 Å². The molecule has 0 aliphatic rings. The molecule has 6 heteroatoms. The molecule has 0 saturated heterocycles. The van der Waals surface area contributed by atoms with E-state index in [2.05, 4.69) is 41.8 Å². The van der Waals surface area contributed by atoms with Crippen molar-refractivity contribution < 1.29 is 8.78 Å². The van der Waals surface area contributed by atoms with Gasteiger partial charge in [0.2, 0.25) is 0 Å². The molecule has 0 unspecified atom stereocenters. The molecule has 1 heterocycles. The number of alkyl halides is 1. The van der Waals surface area contributed by atoms with Crippen LogP contribution in [0, 0.1) is 18.6 Å². The minimum atomic E-state index is -0.932. The first kappa shape index (κ1) is 13.5. The van der Waals surface area contributed by atoms with E-state index in [0.717, 1.165) is 17.3 Å². The SMILES string of the molecule is Cc1nc(-c2ccc(F)c(F)c2Br)ncc1CBr. The summed E-state index contributed by atoms with van der Waals surface area (Å²) in [5.41, 5.74) is 2.18. The van der Waals surface area contributed by atoms with Crippen molar-refractivity contribution in [3.05, 3.63) is 45.7 Å². The number of benzene rings is 1. The highest BCUT2D eigenvalue weighted by atomic mass is 79.9. The van der Waals surface area contributed by atoms with Gasteiger partial charge >= 0.3 is 0 Å². The van der Waals surface area contributed by atoms with Gasteiger partial charge in [0.25, 0.3) is 0 Å². The second-order valence-corrected chi connectivity index (χ2v) is 5.01. The van der Waals surface area contributed by atoms with Crippen molar-refractivity contribution in [3.63, 3.8) is 0 Å². The van der Waals surface area contributed by atoms with Gasteiger partial charge in [-0.25, -0.2) is 18.7 Å². The molecule has 1 aromatic heterocycles. The van der Waals surface area contributed by atoms with E-state index >= 15 is 0 Å². The van der Waals surface area contributed by atoms with Gasteiger partial charge < -0.3 is 0 Å². The molecule has 0 radical (unpaired) electrons. The van der Waals surface area contributed by atoms with Crippen molar-refractivity contribution in [2.24, 2.45) is 0 Å². The third-order valence-electron chi connectivity index (χ3n) is 2.50. The first-order valence-corrected chi connectivity index (χ1v) is 6.98. The van der Waals surface area contributed by atoms with Gasteiger partial charge in [0.05, 0.1) is 4.47 Å². The minimum Gasteiger partial charge on any atom is -0.236 e. The quantitative estimate of drug-likeness (QED) is 0.573. The van der Waals surface area contributed by atoms with Gasteiger partial charge in [-0.3, -0.25) is 0 Å². The van der Waals surface area contributed by atoms with Gasteiger partial charge in [0.15, 0.2) is 17.5 Å². The van der Waals surface area contributed by atoms with E-state index in [4.69, 9.17) is 0 Å². The highest BCUT2D eigenvalue weighted by Gasteiger charge is 2.15. The van der Waals surface area contributed by atoms with E-state index in [1.165, 1.54) is 6.07 Å². The molecule has 94 valence electrons. The second-order valence-electron chi connectivity index (χ2n) is 3.66. The molecule has 0 spiro atoms. The number of nitrogens with zero attached hydrogens (tertiary/aromatic N) is 2. The molecule has 0 amide bonds. The van der Waals surface area contributed by atoms with Crippen molar-refractivity contribution >= 4 is 31.9 Å². The number of halogens is 4. The van der Waals surface area contributed by atoms with Crippen molar-refractivity contribution in [2.45, 2.75) is 12.3 Å². The zero-order valence-electron chi connectivity index (χ0n) is 9.35. The number of hydrogen-bond donors (Lipinski definition) is 0. The smallest absolute Gasteiger partial charge is 0.173 e. The Morgan fingerprint density at radius 3 is 2.61 bits per heavy atom. The van der Waals surface area contributed by atoms with Gasteiger partial charge in [-0.05, 0) is 35.0 Å². The Balaban J connectivity index is 2.56. The van der Waals surface area contributed by atoms with Gasteiger partial charge in [-0.15, -0.1) is 0 Å². The zero-order valence-corrected chi connectivity index (χ0v) is 12.5. The van der Waals surface area contributed by atoms with Crippen LogP contribution in [0.1, 0.15) is 11.3 Å². The second kappa shape index (κ2) is 5.40. The zero-order chi connectivity index (χ0) is 13.3. The fraction of sp³-hybridized carbons (Fsp3) is 0.167. The summed E-state index contributed by atoms with van der Waals surface area (Å²) in [6.07, 6.45) is 1.67. The lowest BCUT2D eigenvalue weighted by Crippen LogP contribution is -1.98. The largest absolute Gasteiger partial charge is 0.236 e. The lowest BCUT2D eigenvalue weighted by atomic mass is 10.2. The Labute approximate surface area is 120 Å². The number of rotatable bonds is 2. The maximum Gasteiger partial charge on any atom is 0.173 e. The Bertz CT molecular complexity index is 603. The van der Waals surface area contributed by atoms with Gasteiger partial charge in [-0.1, -0.05) is 15.9 Å². The first-order valence-electron chi connectivity index (χ1n) is 5.07. The van der Waals surface area contributed by atoms with E-state index in [-0.39, 0.29) is 4.47 Å². The molecular formula is C12H8Br2F2N2. The Morgan fingerprint density at radius 2 is 2.00 bits per heavy atom. The molecule has 2 rings (SSSR count). The summed E-state index contributed by atoms with van der Waals surface area (Å²) in [6.45, 7) is 1.84. The average molecular weight is 378 g/mol. The molecule has 0 aliphatic carbocycles. The molecule has 0 N–H and O–H groups in total. The normalized spacial score (nSPS) is 10.7. The summed E-state index contributed by atoms with van der Waals surface area (Å²) in [6, 6.07) is 2.51. The maximum atomic E-state index is 13.4. The number of aromatic nitrogens is 2. The minimum absolute atomic E-state index is 0.0356. The molecule has 0 atom stereocenters. The van der Waals surface area contributed by atoms with Crippen LogP contribution >= 0.6 is 31.9 Å². The van der Waals surface area contributed by atoms with E-state index in [9.17, 15) is 8.78 Å². The molecule has 2 aromatic rings. The van der Waals surface area contributed by atoms with Crippen LogP contribution in [0.4, 0.5) is 8.78 Å². The molecular weight excluding hydrogens is 370 g/mol. The molecule has 0 aliphatic heterocycles. The van der Waals surface area contributed by atoms with Crippen LogP contribution in [-0.4, -0.2) is 9.97 Å². The molecule has 2 nitrogen and oxygen atoms in total. The van der Waals surface area contributed by atoms with Crippen molar-refractivity contribution in [2.75, 3.05) is 0 Å². The third-order valence-corrected chi connectivity index (χ3v) is 3.88. The summed E-state index contributed by atoms with van der Waals surface area (Å²) in [5.74, 6) is -1.47. The van der Waals surface area contributed by atoms with E-state index in [1.54, 1.807) is 6.20 Å². The predicted octanol–water partition coefficient (Wildman–Crippen LogP) is 4.39. The maximum absolute atomic E-state index is 13.4. The Hall–Kier alpha value is -0.880. The lowest BCUT2D eigenvalue weighted by molar-refractivity contribution is 0.504. The van der Waals surface area contributed by atoms with Crippen LogP contribution in [0.2, 0.25) is 0 Å². The summed E-state index contributed by atoms with van der Waals surface area (Å²) >= 11 is 6.35. The van der Waals surface area contributed by atoms with E-state index < -0.39 is 11.6 Å². The van der Waals surface area contributed by atoms with E-state index in [0.29, 0.717) is 16.7 Å². The van der Waals surface area contributed by atoms with Crippen molar-refractivity contribution in [1.82, 2.24) is 9.97 Å². The lowest BCUT2D eigenvalue weighted by Gasteiger charge is -2.07. The molecule has 0 fully saturated rings. The van der Waals surface area contributed by atoms with Crippen LogP contribution in [0.25, 0.3) is 11.4 Å². The van der Waals surface area contributed by atoms with Crippen LogP contribution in [0.3, 0.4) is 0 Å². The summed E-state index contributed by atoms with van der Waals surface area (Å²) in [7, 11) is 0. The summed E-state index contributed by atoms with van der Waals surface area (Å²) < 4.78 is 26.5. The number of hydrogen-bond acceptors (Lipinski definition) is 2. The van der Waals surface area contributed by atoms with Gasteiger partial charge in [0.1, 0.15) is 0 Å². The molecule has 0 saturated carbocycles. The standard InChI is InChI=1S/C12H8Br2F2N2/c1-6-7(4-13)5-17-12(18-6)8-2-3-9(15)11(16)10(8)14/h2-3,5H,4H2,1H3. The summed E-state index contributed by atoms with van der Waals surface area (Å²) in [4.78, 5) is 8.44. The highest BCUT2D eigenvalue weighted by molar-refractivity contribution is 9.10. The molecule has 18 heavy (non-hydrogen) atoms. The topological polar surface area (TPSA) is 25.8 Å². The Kier molecular flexibility index (Phi) is 4.07. The fourth-order valence-electron chi connectivity index (χ4n) is 1.45. The van der Waals surface area contributed by atoms with Crippen molar-refractivity contribution in [3.8, 4) is 11.4 Å². The van der Waals surface area contributed by atoms with E-state index in [1.807, 2.05) is 6.92 Å². The summed E-state index contributed by atoms with van der Waals surface area (Å²) in [5, 5.41) is 0.651. The van der Waals surface area contributed by atoms with Gasteiger partial charge in [0, 0.05) is 28.3 Å².